The lowest BCUT2D eigenvalue weighted by atomic mass is 10.2. The van der Waals surface area contributed by atoms with E-state index in [1.165, 1.54) is 12.1 Å². The predicted molar refractivity (Wildman–Crippen MR) is 107 cm³/mol. The third-order valence-corrected chi connectivity index (χ3v) is 5.37. The lowest BCUT2D eigenvalue weighted by molar-refractivity contribution is 0.102. The minimum Gasteiger partial charge on any atom is -0.494 e. The van der Waals surface area contributed by atoms with Gasteiger partial charge in [0, 0.05) is 17.3 Å². The quantitative estimate of drug-likeness (QED) is 0.638. The van der Waals surface area contributed by atoms with Crippen LogP contribution in [0.2, 0.25) is 0 Å². The summed E-state index contributed by atoms with van der Waals surface area (Å²) >= 11 is 0. The Hall–Kier alpha value is -2.38. The zero-order chi connectivity index (χ0) is 19.9. The molecule has 0 spiro atoms. The van der Waals surface area contributed by atoms with Crippen LogP contribution >= 0.6 is 0 Å². The molecular formula is C20H26N2O4S. The molecule has 2 aromatic carbocycles. The number of carbonyl (C=O) groups excluding carboxylic acids is 1. The summed E-state index contributed by atoms with van der Waals surface area (Å²) in [6.45, 7) is 6.26. The van der Waals surface area contributed by atoms with Crippen molar-refractivity contribution in [3.05, 3.63) is 54.1 Å². The molecule has 0 aliphatic heterocycles. The van der Waals surface area contributed by atoms with Gasteiger partial charge < -0.3 is 10.1 Å². The van der Waals surface area contributed by atoms with E-state index >= 15 is 0 Å². The van der Waals surface area contributed by atoms with Gasteiger partial charge in [-0.15, -0.1) is 0 Å². The van der Waals surface area contributed by atoms with E-state index in [1.807, 2.05) is 0 Å². The normalized spacial score (nSPS) is 11.4. The Labute approximate surface area is 161 Å². The van der Waals surface area contributed by atoms with Gasteiger partial charge in [-0.1, -0.05) is 13.3 Å². The Balaban J connectivity index is 1.99. The maximum Gasteiger partial charge on any atom is 0.255 e. The van der Waals surface area contributed by atoms with Gasteiger partial charge in [-0.3, -0.25) is 4.79 Å². The molecule has 0 unspecified atom stereocenters. The summed E-state index contributed by atoms with van der Waals surface area (Å²) in [5.74, 6) is 0.457. The topological polar surface area (TPSA) is 84.5 Å². The van der Waals surface area contributed by atoms with Crippen molar-refractivity contribution in [1.29, 1.82) is 0 Å². The Morgan fingerprint density at radius 3 is 2.22 bits per heavy atom. The van der Waals surface area contributed by atoms with Gasteiger partial charge in [-0.05, 0) is 68.8 Å². The number of hydrogen-bond acceptors (Lipinski definition) is 4. The van der Waals surface area contributed by atoms with Crippen LogP contribution in [0.3, 0.4) is 0 Å². The third kappa shape index (κ3) is 6.37. The fourth-order valence-corrected chi connectivity index (χ4v) is 3.59. The average Bonchev–Trinajstić information content (AvgIpc) is 2.62. The monoisotopic (exact) mass is 390 g/mol. The highest BCUT2D eigenvalue weighted by Gasteiger charge is 2.15. The van der Waals surface area contributed by atoms with Gasteiger partial charge >= 0.3 is 0 Å². The molecule has 2 rings (SSSR count). The zero-order valence-electron chi connectivity index (χ0n) is 15.9. The van der Waals surface area contributed by atoms with Gasteiger partial charge in [-0.2, -0.15) is 0 Å². The smallest absolute Gasteiger partial charge is 0.255 e. The highest BCUT2D eigenvalue weighted by atomic mass is 32.2. The maximum absolute atomic E-state index is 12.3. The molecule has 0 aromatic heterocycles. The summed E-state index contributed by atoms with van der Waals surface area (Å²) in [5.41, 5.74) is 1.02. The summed E-state index contributed by atoms with van der Waals surface area (Å²) in [6, 6.07) is 12.8. The fraction of sp³-hybridized carbons (Fsp3) is 0.350. The molecule has 27 heavy (non-hydrogen) atoms. The van der Waals surface area contributed by atoms with Crippen LogP contribution in [-0.2, 0) is 10.0 Å². The second-order valence-electron chi connectivity index (χ2n) is 6.48. The number of hydrogen-bond donors (Lipinski definition) is 2. The minimum absolute atomic E-state index is 0.155. The molecular weight excluding hydrogens is 364 g/mol. The van der Waals surface area contributed by atoms with Crippen molar-refractivity contribution in [2.75, 3.05) is 11.9 Å². The van der Waals surface area contributed by atoms with Crippen LogP contribution < -0.4 is 14.8 Å². The molecule has 0 atom stereocenters. The Morgan fingerprint density at radius 2 is 1.67 bits per heavy atom. The van der Waals surface area contributed by atoms with Gasteiger partial charge in [0.2, 0.25) is 10.0 Å². The number of anilines is 1. The van der Waals surface area contributed by atoms with Gasteiger partial charge in [0.25, 0.3) is 5.91 Å². The number of unbranched alkanes of at least 4 members (excludes halogenated alkanes) is 1. The molecule has 2 N–H and O–H groups in total. The summed E-state index contributed by atoms with van der Waals surface area (Å²) < 4.78 is 32.3. The van der Waals surface area contributed by atoms with Gasteiger partial charge in [0.1, 0.15) is 5.75 Å². The SMILES string of the molecule is CCCCOc1ccc(C(=O)Nc2ccc(S(=O)(=O)NC(C)C)cc2)cc1. The summed E-state index contributed by atoms with van der Waals surface area (Å²) in [7, 11) is -3.55. The second kappa shape index (κ2) is 9.53. The number of nitrogens with one attached hydrogen (secondary N) is 2. The van der Waals surface area contributed by atoms with Crippen LogP contribution in [0.25, 0.3) is 0 Å². The Kier molecular flexibility index (Phi) is 7.38. The number of benzene rings is 2. The van der Waals surface area contributed by atoms with E-state index < -0.39 is 10.0 Å². The number of ether oxygens (including phenoxy) is 1. The van der Waals surface area contributed by atoms with Crippen LogP contribution in [0.1, 0.15) is 44.0 Å². The van der Waals surface area contributed by atoms with E-state index in [2.05, 4.69) is 17.0 Å². The van der Waals surface area contributed by atoms with Crippen molar-refractivity contribution >= 4 is 21.6 Å². The van der Waals surface area contributed by atoms with E-state index in [-0.39, 0.29) is 16.8 Å². The molecule has 0 heterocycles. The summed E-state index contributed by atoms with van der Waals surface area (Å²) in [6.07, 6.45) is 2.05. The first-order valence-corrected chi connectivity index (χ1v) is 10.5. The minimum atomic E-state index is -3.55. The first kappa shape index (κ1) is 20.9. The molecule has 0 bridgehead atoms. The molecule has 0 saturated carbocycles. The first-order valence-electron chi connectivity index (χ1n) is 8.98. The van der Waals surface area contributed by atoms with Gasteiger partial charge in [0.15, 0.2) is 0 Å². The zero-order valence-corrected chi connectivity index (χ0v) is 16.7. The highest BCUT2D eigenvalue weighted by molar-refractivity contribution is 7.89. The predicted octanol–water partition coefficient (Wildman–Crippen LogP) is 3.80. The molecule has 1 amide bonds. The Morgan fingerprint density at radius 1 is 1.04 bits per heavy atom. The van der Waals surface area contributed by atoms with E-state index in [0.717, 1.165) is 18.6 Å². The summed E-state index contributed by atoms with van der Waals surface area (Å²) in [4.78, 5) is 12.5. The molecule has 0 aliphatic carbocycles. The van der Waals surface area contributed by atoms with Crippen molar-refractivity contribution in [2.45, 2.75) is 44.6 Å². The largest absolute Gasteiger partial charge is 0.494 e. The molecule has 0 fully saturated rings. The number of rotatable bonds is 9. The second-order valence-corrected chi connectivity index (χ2v) is 8.19. The highest BCUT2D eigenvalue weighted by Crippen LogP contribution is 2.17. The van der Waals surface area contributed by atoms with Crippen molar-refractivity contribution < 1.29 is 17.9 Å². The third-order valence-electron chi connectivity index (χ3n) is 3.70. The number of sulfonamides is 1. The fourth-order valence-electron chi connectivity index (χ4n) is 2.34. The van der Waals surface area contributed by atoms with Crippen LogP contribution in [-0.4, -0.2) is 27.0 Å². The van der Waals surface area contributed by atoms with Crippen LogP contribution in [0.15, 0.2) is 53.4 Å². The number of carbonyl (C=O) groups is 1. The first-order chi connectivity index (χ1) is 12.8. The average molecular weight is 391 g/mol. The lowest BCUT2D eigenvalue weighted by Crippen LogP contribution is -2.30. The number of amides is 1. The van der Waals surface area contributed by atoms with Crippen LogP contribution in [0, 0.1) is 0 Å². The standard InChI is InChI=1S/C20H26N2O4S/c1-4-5-14-26-18-10-6-16(7-11-18)20(23)21-17-8-12-19(13-9-17)27(24,25)22-15(2)3/h6-13,15,22H,4-5,14H2,1-3H3,(H,21,23). The van der Waals surface area contributed by atoms with Crippen molar-refractivity contribution in [3.63, 3.8) is 0 Å². The van der Waals surface area contributed by atoms with E-state index in [4.69, 9.17) is 4.74 Å². The van der Waals surface area contributed by atoms with Gasteiger partial charge in [0.05, 0.1) is 11.5 Å². The summed E-state index contributed by atoms with van der Waals surface area (Å²) in [5, 5.41) is 2.75. The maximum atomic E-state index is 12.3. The molecule has 0 aliphatic rings. The van der Waals surface area contributed by atoms with Crippen molar-refractivity contribution in [1.82, 2.24) is 4.72 Å². The molecule has 6 nitrogen and oxygen atoms in total. The van der Waals surface area contributed by atoms with E-state index in [9.17, 15) is 13.2 Å². The van der Waals surface area contributed by atoms with Crippen LogP contribution in [0.4, 0.5) is 5.69 Å². The van der Waals surface area contributed by atoms with E-state index in [1.54, 1.807) is 50.2 Å². The van der Waals surface area contributed by atoms with Crippen molar-refractivity contribution in [3.8, 4) is 5.75 Å². The molecule has 0 saturated heterocycles. The molecule has 146 valence electrons. The molecule has 2 aromatic rings. The van der Waals surface area contributed by atoms with Crippen LogP contribution in [0.5, 0.6) is 5.75 Å². The molecule has 0 radical (unpaired) electrons. The van der Waals surface area contributed by atoms with Crippen molar-refractivity contribution in [2.24, 2.45) is 0 Å². The van der Waals surface area contributed by atoms with E-state index in [0.29, 0.717) is 17.9 Å². The van der Waals surface area contributed by atoms with Gasteiger partial charge in [-0.25, -0.2) is 13.1 Å². The lowest BCUT2D eigenvalue weighted by Gasteiger charge is -2.11. The Bertz CT molecular complexity index is 845. The molecule has 7 heteroatoms.